The zero-order chi connectivity index (χ0) is 9.80. The second kappa shape index (κ2) is 4.04. The largest absolute Gasteiger partial charge is 0.463 e. The summed E-state index contributed by atoms with van der Waals surface area (Å²) in [4.78, 5) is 19.1. The van der Waals surface area contributed by atoms with E-state index in [0.717, 1.165) is 19.4 Å². The highest BCUT2D eigenvalue weighted by molar-refractivity contribution is 5.81. The van der Waals surface area contributed by atoms with Crippen LogP contribution < -0.4 is 10.1 Å². The molecule has 14 heavy (non-hydrogen) atoms. The zero-order valence-corrected chi connectivity index (χ0v) is 7.64. The molecule has 1 aliphatic rings. The minimum absolute atomic E-state index is 0.0677. The summed E-state index contributed by atoms with van der Waals surface area (Å²) in [5.74, 6) is 0.330. The van der Waals surface area contributed by atoms with Crippen LogP contribution in [-0.4, -0.2) is 28.5 Å². The highest BCUT2D eigenvalue weighted by atomic mass is 16.5. The number of nitrogens with one attached hydrogen (secondary N) is 1. The van der Waals surface area contributed by atoms with Crippen LogP contribution in [0.3, 0.4) is 0 Å². The number of nitrogens with zero attached hydrogens (tertiary/aromatic N) is 2. The van der Waals surface area contributed by atoms with Gasteiger partial charge in [0.1, 0.15) is 0 Å². The summed E-state index contributed by atoms with van der Waals surface area (Å²) in [6.07, 6.45) is 5.87. The lowest BCUT2D eigenvalue weighted by Gasteiger charge is -2.21. The van der Waals surface area contributed by atoms with Crippen molar-refractivity contribution in [3.8, 4) is 5.88 Å². The van der Waals surface area contributed by atoms with Crippen molar-refractivity contribution >= 4 is 5.91 Å². The summed E-state index contributed by atoms with van der Waals surface area (Å²) in [5.41, 5.74) is 0. The van der Waals surface area contributed by atoms with Crippen molar-refractivity contribution in [2.75, 3.05) is 6.54 Å². The number of ether oxygens (including phenoxy) is 1. The Balaban J connectivity index is 2.00. The molecule has 0 aromatic carbocycles. The molecule has 1 N–H and O–H groups in total. The molecule has 0 spiro atoms. The maximum absolute atomic E-state index is 11.3. The van der Waals surface area contributed by atoms with Crippen molar-refractivity contribution in [1.29, 1.82) is 0 Å². The molecule has 1 atom stereocenters. The van der Waals surface area contributed by atoms with Crippen molar-refractivity contribution in [3.63, 3.8) is 0 Å². The molecule has 1 aromatic heterocycles. The molecule has 1 aromatic rings. The SMILES string of the molecule is O=C1NCCCC1Oc1cnccn1. The number of amides is 1. The molecule has 74 valence electrons. The van der Waals surface area contributed by atoms with Gasteiger partial charge in [-0.15, -0.1) is 0 Å². The average Bonchev–Trinajstić information content (AvgIpc) is 2.23. The Hall–Kier alpha value is -1.65. The molecule has 5 heteroatoms. The molecule has 2 heterocycles. The van der Waals surface area contributed by atoms with E-state index >= 15 is 0 Å². The lowest BCUT2D eigenvalue weighted by molar-refractivity contribution is -0.130. The lowest BCUT2D eigenvalue weighted by Crippen LogP contribution is -2.43. The van der Waals surface area contributed by atoms with Crippen molar-refractivity contribution in [1.82, 2.24) is 15.3 Å². The summed E-state index contributed by atoms with van der Waals surface area (Å²) >= 11 is 0. The topological polar surface area (TPSA) is 64.1 Å². The minimum Gasteiger partial charge on any atom is -0.463 e. The first-order valence-electron chi connectivity index (χ1n) is 4.56. The van der Waals surface area contributed by atoms with Gasteiger partial charge in [0.05, 0.1) is 6.20 Å². The number of hydrogen-bond donors (Lipinski definition) is 1. The number of hydrogen-bond acceptors (Lipinski definition) is 4. The van der Waals surface area contributed by atoms with E-state index < -0.39 is 6.10 Å². The van der Waals surface area contributed by atoms with E-state index in [-0.39, 0.29) is 5.91 Å². The van der Waals surface area contributed by atoms with Crippen LogP contribution in [0.2, 0.25) is 0 Å². The van der Waals surface area contributed by atoms with Gasteiger partial charge in [-0.1, -0.05) is 0 Å². The Morgan fingerprint density at radius 2 is 2.43 bits per heavy atom. The number of carbonyl (C=O) groups is 1. The summed E-state index contributed by atoms with van der Waals surface area (Å²) in [6, 6.07) is 0. The first-order valence-corrected chi connectivity index (χ1v) is 4.56. The summed E-state index contributed by atoms with van der Waals surface area (Å²) < 4.78 is 5.38. The van der Waals surface area contributed by atoms with Gasteiger partial charge in [-0.05, 0) is 12.8 Å². The van der Waals surface area contributed by atoms with Crippen LogP contribution >= 0.6 is 0 Å². The van der Waals surface area contributed by atoms with Gasteiger partial charge in [0.25, 0.3) is 5.91 Å². The predicted octanol–water partition coefficient (Wildman–Crippen LogP) is 0.134. The van der Waals surface area contributed by atoms with E-state index in [2.05, 4.69) is 15.3 Å². The van der Waals surface area contributed by atoms with Crippen LogP contribution in [0.15, 0.2) is 18.6 Å². The molecule has 1 fully saturated rings. The molecule has 1 unspecified atom stereocenters. The number of carbonyl (C=O) groups excluding carboxylic acids is 1. The molecule has 2 rings (SSSR count). The predicted molar refractivity (Wildman–Crippen MR) is 48.7 cm³/mol. The Bertz CT molecular complexity index is 315. The highest BCUT2D eigenvalue weighted by Crippen LogP contribution is 2.11. The standard InChI is InChI=1S/C9H11N3O2/c13-9-7(2-1-3-12-9)14-8-6-10-4-5-11-8/h4-7H,1-3H2,(H,12,13). The third-order valence-electron chi connectivity index (χ3n) is 2.04. The van der Waals surface area contributed by atoms with Crippen LogP contribution in [0.5, 0.6) is 5.88 Å². The van der Waals surface area contributed by atoms with Gasteiger partial charge in [0.2, 0.25) is 5.88 Å². The maximum Gasteiger partial charge on any atom is 0.261 e. The monoisotopic (exact) mass is 193 g/mol. The number of aromatic nitrogens is 2. The van der Waals surface area contributed by atoms with Gasteiger partial charge in [-0.2, -0.15) is 0 Å². The summed E-state index contributed by atoms with van der Waals surface area (Å²) in [6.45, 7) is 0.735. The molecule has 1 saturated heterocycles. The van der Waals surface area contributed by atoms with Crippen molar-refractivity contribution in [2.45, 2.75) is 18.9 Å². The van der Waals surface area contributed by atoms with Crippen LogP contribution in [-0.2, 0) is 4.79 Å². The average molecular weight is 193 g/mol. The third kappa shape index (κ3) is 1.99. The summed E-state index contributed by atoms with van der Waals surface area (Å²) in [7, 11) is 0. The molecule has 0 saturated carbocycles. The maximum atomic E-state index is 11.3. The molecule has 1 amide bonds. The van der Waals surface area contributed by atoms with Crippen LogP contribution in [0, 0.1) is 0 Å². The number of piperidine rings is 1. The minimum atomic E-state index is -0.416. The number of rotatable bonds is 2. The molecular formula is C9H11N3O2. The fourth-order valence-electron chi connectivity index (χ4n) is 1.35. The normalized spacial score (nSPS) is 21.4. The van der Waals surface area contributed by atoms with Gasteiger partial charge >= 0.3 is 0 Å². The molecule has 1 aliphatic heterocycles. The molecular weight excluding hydrogens is 182 g/mol. The first kappa shape index (κ1) is 8.93. The quantitative estimate of drug-likeness (QED) is 0.725. The van der Waals surface area contributed by atoms with Crippen LogP contribution in [0.4, 0.5) is 0 Å². The van der Waals surface area contributed by atoms with Gasteiger partial charge in [0.15, 0.2) is 6.10 Å². The molecule has 5 nitrogen and oxygen atoms in total. The van der Waals surface area contributed by atoms with E-state index in [9.17, 15) is 4.79 Å². The van der Waals surface area contributed by atoms with Gasteiger partial charge < -0.3 is 10.1 Å². The third-order valence-corrected chi connectivity index (χ3v) is 2.04. The van der Waals surface area contributed by atoms with E-state index in [1.165, 1.54) is 12.4 Å². The fourth-order valence-corrected chi connectivity index (χ4v) is 1.35. The second-order valence-electron chi connectivity index (χ2n) is 3.08. The van der Waals surface area contributed by atoms with Crippen molar-refractivity contribution in [2.24, 2.45) is 0 Å². The summed E-state index contributed by atoms with van der Waals surface area (Å²) in [5, 5.41) is 2.74. The van der Waals surface area contributed by atoms with E-state index in [4.69, 9.17) is 4.74 Å². The van der Waals surface area contributed by atoms with Crippen LogP contribution in [0.1, 0.15) is 12.8 Å². The Morgan fingerprint density at radius 3 is 3.14 bits per heavy atom. The first-order chi connectivity index (χ1) is 6.86. The molecule has 0 radical (unpaired) electrons. The molecule has 0 bridgehead atoms. The Morgan fingerprint density at radius 1 is 1.50 bits per heavy atom. The zero-order valence-electron chi connectivity index (χ0n) is 7.64. The highest BCUT2D eigenvalue weighted by Gasteiger charge is 2.23. The Kier molecular flexibility index (Phi) is 2.58. The molecule has 0 aliphatic carbocycles. The van der Waals surface area contributed by atoms with Crippen LogP contribution in [0.25, 0.3) is 0 Å². The van der Waals surface area contributed by atoms with Gasteiger partial charge in [-0.25, -0.2) is 4.98 Å². The van der Waals surface area contributed by atoms with Crippen molar-refractivity contribution < 1.29 is 9.53 Å². The van der Waals surface area contributed by atoms with E-state index in [1.54, 1.807) is 6.20 Å². The smallest absolute Gasteiger partial charge is 0.261 e. The van der Waals surface area contributed by atoms with Gasteiger partial charge in [0, 0.05) is 18.9 Å². The van der Waals surface area contributed by atoms with E-state index in [1.807, 2.05) is 0 Å². The lowest BCUT2D eigenvalue weighted by atomic mass is 10.1. The fraction of sp³-hybridized carbons (Fsp3) is 0.444. The van der Waals surface area contributed by atoms with Gasteiger partial charge in [-0.3, -0.25) is 9.78 Å². The van der Waals surface area contributed by atoms with Crippen molar-refractivity contribution in [3.05, 3.63) is 18.6 Å². The second-order valence-corrected chi connectivity index (χ2v) is 3.08. The van der Waals surface area contributed by atoms with E-state index in [0.29, 0.717) is 5.88 Å². The Labute approximate surface area is 81.5 Å².